The molecule has 1 heterocycles. The van der Waals surface area contributed by atoms with Crippen LogP contribution in [0.5, 0.6) is 0 Å². The number of aromatic nitrogens is 3. The van der Waals surface area contributed by atoms with Crippen LogP contribution in [-0.4, -0.2) is 26.8 Å². The van der Waals surface area contributed by atoms with E-state index in [0.717, 1.165) is 11.1 Å². The number of aryl methyl sites for hydroxylation is 1. The molecule has 0 aliphatic rings. The normalized spacial score (nSPS) is 11.7. The fourth-order valence-electron chi connectivity index (χ4n) is 4.47. The zero-order valence-corrected chi connectivity index (χ0v) is 20.8. The van der Waals surface area contributed by atoms with Gasteiger partial charge in [0.25, 0.3) is 0 Å². The van der Waals surface area contributed by atoms with Gasteiger partial charge in [-0.25, -0.2) is 9.07 Å². The molecular formula is C30H26FN5O2. The molecule has 2 amide bonds. The number of hydrogen-bond acceptors (Lipinski definition) is 4. The molecule has 5 rings (SSSR count). The van der Waals surface area contributed by atoms with Crippen LogP contribution in [0.3, 0.4) is 0 Å². The minimum absolute atomic E-state index is 0.0955. The maximum atomic E-state index is 15.2. The zero-order chi connectivity index (χ0) is 26.5. The highest BCUT2D eigenvalue weighted by Gasteiger charge is 2.35. The quantitative estimate of drug-likeness (QED) is 0.322. The van der Waals surface area contributed by atoms with E-state index in [9.17, 15) is 9.59 Å². The van der Waals surface area contributed by atoms with Crippen molar-refractivity contribution in [1.29, 1.82) is 0 Å². The minimum atomic E-state index is -1.26. The molecule has 190 valence electrons. The van der Waals surface area contributed by atoms with Crippen LogP contribution in [0.4, 0.5) is 10.1 Å². The second-order valence-electron chi connectivity index (χ2n) is 8.91. The van der Waals surface area contributed by atoms with Crippen LogP contribution in [-0.2, 0) is 22.7 Å². The molecule has 0 aliphatic heterocycles. The lowest BCUT2D eigenvalue weighted by Gasteiger charge is -2.32. The first-order valence-electron chi connectivity index (χ1n) is 12.2. The Morgan fingerprint density at radius 1 is 0.895 bits per heavy atom. The summed E-state index contributed by atoms with van der Waals surface area (Å²) in [7, 11) is 0. The SMILES string of the molecule is Cc1ccccc1N(C(=O)Cn1nnc2ccccc21)C(C(=O)NCc1ccccc1)c1ccccc1F. The van der Waals surface area contributed by atoms with Crippen LogP contribution in [0, 0.1) is 12.7 Å². The van der Waals surface area contributed by atoms with Gasteiger partial charge >= 0.3 is 0 Å². The molecule has 0 fully saturated rings. The van der Waals surface area contributed by atoms with E-state index in [2.05, 4.69) is 15.6 Å². The predicted octanol–water partition coefficient (Wildman–Crippen LogP) is 4.97. The van der Waals surface area contributed by atoms with Gasteiger partial charge in [-0.15, -0.1) is 5.10 Å². The Labute approximate surface area is 219 Å². The molecule has 0 radical (unpaired) electrons. The highest BCUT2D eigenvalue weighted by atomic mass is 19.1. The van der Waals surface area contributed by atoms with Crippen LogP contribution in [0.25, 0.3) is 11.0 Å². The van der Waals surface area contributed by atoms with Crippen molar-refractivity contribution in [2.45, 2.75) is 26.1 Å². The average Bonchev–Trinajstić information content (AvgIpc) is 3.34. The third-order valence-electron chi connectivity index (χ3n) is 6.36. The van der Waals surface area contributed by atoms with Crippen LogP contribution in [0.2, 0.25) is 0 Å². The summed E-state index contributed by atoms with van der Waals surface area (Å²) >= 11 is 0. The predicted molar refractivity (Wildman–Crippen MR) is 144 cm³/mol. The van der Waals surface area contributed by atoms with E-state index in [0.29, 0.717) is 16.7 Å². The number of fused-ring (bicyclic) bond motifs is 1. The summed E-state index contributed by atoms with van der Waals surface area (Å²) in [6.45, 7) is 1.89. The van der Waals surface area contributed by atoms with E-state index in [1.807, 2.05) is 73.7 Å². The van der Waals surface area contributed by atoms with E-state index < -0.39 is 23.7 Å². The van der Waals surface area contributed by atoms with Crippen molar-refractivity contribution in [1.82, 2.24) is 20.3 Å². The van der Waals surface area contributed by atoms with E-state index in [-0.39, 0.29) is 18.7 Å². The average molecular weight is 508 g/mol. The summed E-state index contributed by atoms with van der Waals surface area (Å²) in [4.78, 5) is 29.2. The minimum Gasteiger partial charge on any atom is -0.350 e. The topological polar surface area (TPSA) is 80.1 Å². The molecule has 4 aromatic carbocycles. The Bertz CT molecular complexity index is 1580. The van der Waals surface area contributed by atoms with E-state index in [1.165, 1.54) is 21.7 Å². The van der Waals surface area contributed by atoms with Gasteiger partial charge < -0.3 is 5.32 Å². The maximum absolute atomic E-state index is 15.2. The molecular weight excluding hydrogens is 481 g/mol. The van der Waals surface area contributed by atoms with Crippen molar-refractivity contribution < 1.29 is 14.0 Å². The summed E-state index contributed by atoms with van der Waals surface area (Å²) in [5.74, 6) is -1.51. The standard InChI is InChI=1S/C30H26FN5O2/c1-21-11-5-9-17-26(21)36(28(37)20-35-27-18-10-8-16-25(27)33-34-35)29(23-14-6-7-15-24(23)31)30(38)32-19-22-12-3-2-4-13-22/h2-18,29H,19-20H2,1H3,(H,32,38). The Morgan fingerprint density at radius 3 is 2.37 bits per heavy atom. The van der Waals surface area contributed by atoms with Gasteiger partial charge in [-0.2, -0.15) is 0 Å². The largest absolute Gasteiger partial charge is 0.350 e. The first-order chi connectivity index (χ1) is 18.5. The van der Waals surface area contributed by atoms with Crippen molar-refractivity contribution >= 4 is 28.5 Å². The molecule has 38 heavy (non-hydrogen) atoms. The molecule has 1 N–H and O–H groups in total. The van der Waals surface area contributed by atoms with Crippen LogP contribution < -0.4 is 10.2 Å². The molecule has 1 atom stereocenters. The Kier molecular flexibility index (Phi) is 7.21. The van der Waals surface area contributed by atoms with Crippen molar-refractivity contribution in [2.75, 3.05) is 4.90 Å². The molecule has 0 bridgehead atoms. The number of benzene rings is 4. The summed E-state index contributed by atoms with van der Waals surface area (Å²) in [6, 6.07) is 28.7. The number of para-hydroxylation sites is 2. The van der Waals surface area contributed by atoms with Gasteiger partial charge in [0.2, 0.25) is 11.8 Å². The van der Waals surface area contributed by atoms with Gasteiger partial charge in [0, 0.05) is 17.8 Å². The van der Waals surface area contributed by atoms with Gasteiger partial charge in [-0.1, -0.05) is 84.1 Å². The fraction of sp³-hybridized carbons (Fsp3) is 0.133. The number of carbonyl (C=O) groups excluding carboxylic acids is 2. The molecule has 0 saturated carbocycles. The number of amides is 2. The highest BCUT2D eigenvalue weighted by Crippen LogP contribution is 2.32. The number of nitrogens with zero attached hydrogens (tertiary/aromatic N) is 4. The molecule has 8 heteroatoms. The van der Waals surface area contributed by atoms with Gasteiger partial charge in [0.15, 0.2) is 0 Å². The molecule has 0 saturated heterocycles. The van der Waals surface area contributed by atoms with E-state index >= 15 is 4.39 Å². The summed E-state index contributed by atoms with van der Waals surface area (Å²) in [6.07, 6.45) is 0. The smallest absolute Gasteiger partial charge is 0.249 e. The number of halogens is 1. The molecule has 7 nitrogen and oxygen atoms in total. The lowest BCUT2D eigenvalue weighted by Crippen LogP contribution is -2.45. The number of carbonyl (C=O) groups is 2. The van der Waals surface area contributed by atoms with Crippen LogP contribution >= 0.6 is 0 Å². The monoisotopic (exact) mass is 507 g/mol. The number of anilines is 1. The Balaban J connectivity index is 1.58. The van der Waals surface area contributed by atoms with Crippen molar-refractivity contribution in [3.8, 4) is 0 Å². The second kappa shape index (κ2) is 11.0. The van der Waals surface area contributed by atoms with E-state index in [1.54, 1.807) is 24.3 Å². The van der Waals surface area contributed by atoms with Gasteiger partial charge in [-0.05, 0) is 42.3 Å². The van der Waals surface area contributed by atoms with Gasteiger partial charge in [0.05, 0.1) is 5.52 Å². The highest BCUT2D eigenvalue weighted by molar-refractivity contribution is 6.02. The first-order valence-corrected chi connectivity index (χ1v) is 12.2. The molecule has 1 unspecified atom stereocenters. The van der Waals surface area contributed by atoms with E-state index in [4.69, 9.17) is 0 Å². The number of rotatable bonds is 8. The van der Waals surface area contributed by atoms with Gasteiger partial charge in [0.1, 0.15) is 23.9 Å². The molecule has 5 aromatic rings. The van der Waals surface area contributed by atoms with Gasteiger partial charge in [-0.3, -0.25) is 14.5 Å². The van der Waals surface area contributed by atoms with Crippen LogP contribution in [0.15, 0.2) is 103 Å². The molecule has 0 aliphatic carbocycles. The molecule has 1 aromatic heterocycles. The number of nitrogens with one attached hydrogen (secondary N) is 1. The Morgan fingerprint density at radius 2 is 1.58 bits per heavy atom. The third kappa shape index (κ3) is 5.15. The Hall–Kier alpha value is -4.85. The van der Waals surface area contributed by atoms with Crippen molar-refractivity contribution in [2.24, 2.45) is 0 Å². The zero-order valence-electron chi connectivity index (χ0n) is 20.8. The second-order valence-corrected chi connectivity index (χ2v) is 8.91. The fourth-order valence-corrected chi connectivity index (χ4v) is 4.47. The maximum Gasteiger partial charge on any atom is 0.249 e. The van der Waals surface area contributed by atoms with Crippen molar-refractivity contribution in [3.05, 3.63) is 126 Å². The summed E-state index contributed by atoms with van der Waals surface area (Å²) in [5.41, 5.74) is 3.58. The number of hydrogen-bond donors (Lipinski definition) is 1. The lowest BCUT2D eigenvalue weighted by atomic mass is 10.0. The van der Waals surface area contributed by atoms with Crippen LogP contribution in [0.1, 0.15) is 22.7 Å². The van der Waals surface area contributed by atoms with Crippen molar-refractivity contribution in [3.63, 3.8) is 0 Å². The summed E-state index contributed by atoms with van der Waals surface area (Å²) < 4.78 is 16.7. The first kappa shape index (κ1) is 24.8. The lowest BCUT2D eigenvalue weighted by molar-refractivity contribution is -0.127. The molecule has 0 spiro atoms. The summed E-state index contributed by atoms with van der Waals surface area (Å²) in [5, 5.41) is 11.2. The third-order valence-corrected chi connectivity index (χ3v) is 6.36.